The van der Waals surface area contributed by atoms with Gasteiger partial charge in [0.1, 0.15) is 0 Å². The first-order valence-electron chi connectivity index (χ1n) is 5.04. The third-order valence-corrected chi connectivity index (χ3v) is 2.59. The summed E-state index contributed by atoms with van der Waals surface area (Å²) in [5.41, 5.74) is 1.64. The first kappa shape index (κ1) is 15.5. The van der Waals surface area contributed by atoms with Gasteiger partial charge in [-0.05, 0) is 35.1 Å². The highest BCUT2D eigenvalue weighted by atomic mass is 32.2. The van der Waals surface area contributed by atoms with E-state index in [0.29, 0.717) is 12.7 Å². The predicted molar refractivity (Wildman–Crippen MR) is 73.5 cm³/mol. The molecule has 0 saturated heterocycles. The molecule has 0 radical (unpaired) electrons. The van der Waals surface area contributed by atoms with E-state index in [1.807, 2.05) is 0 Å². The van der Waals surface area contributed by atoms with Crippen LogP contribution in [0.1, 0.15) is 6.42 Å². The molecule has 2 aliphatic heterocycles. The maximum absolute atomic E-state index is 11.3. The van der Waals surface area contributed by atoms with Crippen molar-refractivity contribution in [3.05, 3.63) is 35.6 Å². The van der Waals surface area contributed by atoms with Crippen LogP contribution in [0.4, 0.5) is 0 Å². The lowest BCUT2D eigenvalue weighted by Gasteiger charge is -2.00. The van der Waals surface area contributed by atoms with Crippen LogP contribution >= 0.6 is 11.8 Å². The molecular weight excluding hydrogens is 290 g/mol. The Hall–Kier alpha value is -1.51. The van der Waals surface area contributed by atoms with Gasteiger partial charge < -0.3 is 0 Å². The van der Waals surface area contributed by atoms with Crippen LogP contribution in [0.5, 0.6) is 0 Å². The van der Waals surface area contributed by atoms with Gasteiger partial charge in [0.25, 0.3) is 10.1 Å². The number of hydrogen-bond acceptors (Lipinski definition) is 6. The van der Waals surface area contributed by atoms with Crippen molar-refractivity contribution < 1.29 is 22.6 Å². The molecular formula is C11H11NO5S2. The molecule has 0 aromatic rings. The minimum absolute atomic E-state index is 0.115. The molecule has 2 heterocycles. The summed E-state index contributed by atoms with van der Waals surface area (Å²) in [5, 5.41) is -0.323. The van der Waals surface area contributed by atoms with Gasteiger partial charge in [0, 0.05) is 24.9 Å². The Balaban J connectivity index is 0.000000312. The summed E-state index contributed by atoms with van der Waals surface area (Å²) < 4.78 is 25.9. The van der Waals surface area contributed by atoms with Crippen molar-refractivity contribution >= 4 is 38.3 Å². The Morgan fingerprint density at radius 3 is 2.63 bits per heavy atom. The van der Waals surface area contributed by atoms with Crippen molar-refractivity contribution in [1.82, 2.24) is 0 Å². The van der Waals surface area contributed by atoms with Gasteiger partial charge in [0.05, 0.1) is 6.26 Å². The van der Waals surface area contributed by atoms with Gasteiger partial charge in [0.15, 0.2) is 0 Å². The smallest absolute Gasteiger partial charge is 0.261 e. The molecule has 0 aromatic heterocycles. The molecule has 0 spiro atoms. The van der Waals surface area contributed by atoms with E-state index in [4.69, 9.17) is 4.55 Å². The summed E-state index contributed by atoms with van der Waals surface area (Å²) in [5.74, 6) is 0. The molecule has 2 rings (SSSR count). The average molecular weight is 301 g/mol. The molecule has 0 fully saturated rings. The summed E-state index contributed by atoms with van der Waals surface area (Å²) >= 11 is 0.761. The summed E-state index contributed by atoms with van der Waals surface area (Å²) in [6.45, 7) is 0. The first-order valence-corrected chi connectivity index (χ1v) is 7.70. The number of rotatable bonds is 0. The van der Waals surface area contributed by atoms with E-state index in [2.05, 4.69) is 4.99 Å². The van der Waals surface area contributed by atoms with E-state index in [-0.39, 0.29) is 10.2 Å². The summed E-state index contributed by atoms with van der Waals surface area (Å²) in [6, 6.07) is 0. The summed E-state index contributed by atoms with van der Waals surface area (Å²) in [4.78, 5) is 26.4. The number of carbonyl (C=O) groups is 2. The minimum atomic E-state index is -3.67. The van der Waals surface area contributed by atoms with Crippen molar-refractivity contribution in [1.29, 1.82) is 0 Å². The van der Waals surface area contributed by atoms with Crippen molar-refractivity contribution in [3.8, 4) is 0 Å². The van der Waals surface area contributed by atoms with Crippen LogP contribution < -0.4 is 0 Å². The molecule has 102 valence electrons. The van der Waals surface area contributed by atoms with E-state index >= 15 is 0 Å². The van der Waals surface area contributed by atoms with Gasteiger partial charge in [-0.15, -0.1) is 0 Å². The quantitative estimate of drug-likeness (QED) is 0.673. The van der Waals surface area contributed by atoms with Crippen molar-refractivity contribution in [2.75, 3.05) is 6.26 Å². The van der Waals surface area contributed by atoms with Crippen molar-refractivity contribution in [2.45, 2.75) is 6.42 Å². The standard InChI is InChI=1S/C10H7NO2S.CH4O3S/c12-9-5-7-1-3-11-4-2-8(7)6-10(13)14-9;1-5(2,3)4/h1-5H,6H2;1H3,(H,2,3,4). The highest BCUT2D eigenvalue weighted by Gasteiger charge is 2.18. The van der Waals surface area contributed by atoms with E-state index in [9.17, 15) is 18.0 Å². The second-order valence-corrected chi connectivity index (χ2v) is 6.14. The number of hydrogen-bond donors (Lipinski definition) is 1. The lowest BCUT2D eigenvalue weighted by molar-refractivity contribution is -0.111. The molecule has 0 atom stereocenters. The predicted octanol–water partition coefficient (Wildman–Crippen LogP) is 1.13. The van der Waals surface area contributed by atoms with Crippen LogP contribution in [0, 0.1) is 0 Å². The third-order valence-electron chi connectivity index (χ3n) is 1.90. The zero-order valence-electron chi connectivity index (χ0n) is 9.94. The van der Waals surface area contributed by atoms with E-state index in [1.165, 1.54) is 6.08 Å². The van der Waals surface area contributed by atoms with Crippen molar-refractivity contribution in [2.24, 2.45) is 4.99 Å². The Morgan fingerprint density at radius 1 is 1.37 bits per heavy atom. The highest BCUT2D eigenvalue weighted by molar-refractivity contribution is 8.26. The van der Waals surface area contributed by atoms with Gasteiger partial charge in [-0.2, -0.15) is 8.42 Å². The van der Waals surface area contributed by atoms with E-state index < -0.39 is 10.1 Å². The lowest BCUT2D eigenvalue weighted by atomic mass is 10.0. The molecule has 0 unspecified atom stereocenters. The van der Waals surface area contributed by atoms with Crippen LogP contribution in [0.2, 0.25) is 0 Å². The minimum Gasteiger partial charge on any atom is -0.286 e. The Labute approximate surface area is 114 Å². The van der Waals surface area contributed by atoms with Gasteiger partial charge in [-0.1, -0.05) is 0 Å². The fourth-order valence-electron chi connectivity index (χ4n) is 1.27. The van der Waals surface area contributed by atoms with Gasteiger partial charge in [-0.3, -0.25) is 19.1 Å². The number of aliphatic imine (C=N–C) groups is 1. The highest BCUT2D eigenvalue weighted by Crippen LogP contribution is 2.26. The zero-order chi connectivity index (χ0) is 14.5. The van der Waals surface area contributed by atoms with E-state index in [1.54, 1.807) is 24.6 Å². The molecule has 0 saturated carbocycles. The summed E-state index contributed by atoms with van der Waals surface area (Å²) in [7, 11) is -3.67. The van der Waals surface area contributed by atoms with Crippen LogP contribution in [0.3, 0.4) is 0 Å². The number of thioether (sulfide) groups is 1. The monoisotopic (exact) mass is 301 g/mol. The zero-order valence-corrected chi connectivity index (χ0v) is 11.6. The molecule has 1 N–H and O–H groups in total. The molecule has 0 aromatic carbocycles. The number of nitrogens with zero attached hydrogens (tertiary/aromatic N) is 1. The fourth-order valence-corrected chi connectivity index (χ4v) is 1.91. The van der Waals surface area contributed by atoms with E-state index in [0.717, 1.165) is 22.9 Å². The molecule has 6 nitrogen and oxygen atoms in total. The largest absolute Gasteiger partial charge is 0.286 e. The summed E-state index contributed by atoms with van der Waals surface area (Å²) in [6.07, 6.45) is 9.23. The van der Waals surface area contributed by atoms with Gasteiger partial charge in [0.2, 0.25) is 10.2 Å². The maximum Gasteiger partial charge on any atom is 0.261 e. The van der Waals surface area contributed by atoms with Gasteiger partial charge in [-0.25, -0.2) is 0 Å². The van der Waals surface area contributed by atoms with Crippen molar-refractivity contribution in [3.63, 3.8) is 0 Å². The molecule has 19 heavy (non-hydrogen) atoms. The first-order chi connectivity index (χ1) is 8.75. The van der Waals surface area contributed by atoms with Crippen LogP contribution in [0.15, 0.2) is 40.6 Å². The molecule has 8 heteroatoms. The Kier molecular flexibility index (Phi) is 5.40. The average Bonchev–Trinajstić information content (AvgIpc) is 2.47. The Bertz CT molecular complexity index is 603. The molecule has 0 amide bonds. The SMILES string of the molecule is CS(=O)(=O)O.O=C1C=C2C=CN=CC=C2CC(=O)S1. The normalized spacial score (nSPS) is 18.4. The molecule has 2 aliphatic rings. The maximum atomic E-state index is 11.3. The topological polar surface area (TPSA) is 101 Å². The second-order valence-electron chi connectivity index (χ2n) is 3.61. The molecule has 0 bridgehead atoms. The number of allylic oxidation sites excluding steroid dienone is 4. The number of carbonyl (C=O) groups excluding carboxylic acids is 2. The Morgan fingerprint density at radius 2 is 2.00 bits per heavy atom. The second kappa shape index (κ2) is 6.60. The van der Waals surface area contributed by atoms with Crippen LogP contribution in [-0.4, -0.2) is 35.7 Å². The lowest BCUT2D eigenvalue weighted by Crippen LogP contribution is -1.94. The van der Waals surface area contributed by atoms with Crippen LogP contribution in [0.25, 0.3) is 0 Å². The molecule has 0 aliphatic carbocycles. The fraction of sp³-hybridized carbons (Fsp3) is 0.182. The number of fused-ring (bicyclic) bond motifs is 1. The van der Waals surface area contributed by atoms with Gasteiger partial charge >= 0.3 is 0 Å². The van der Waals surface area contributed by atoms with Crippen LogP contribution in [-0.2, 0) is 19.7 Å². The third kappa shape index (κ3) is 6.85.